The summed E-state index contributed by atoms with van der Waals surface area (Å²) in [5.74, 6) is 0. The number of anilines is 1. The number of aryl methyl sites for hydroxylation is 1. The van der Waals surface area contributed by atoms with E-state index in [1.807, 2.05) is 30.0 Å². The number of nitrogens with zero attached hydrogens (tertiary/aromatic N) is 1. The smallest absolute Gasteiger partial charge is 0.321 e. The van der Waals surface area contributed by atoms with Crippen molar-refractivity contribution in [3.63, 3.8) is 0 Å². The van der Waals surface area contributed by atoms with Crippen molar-refractivity contribution in [1.82, 2.24) is 4.90 Å². The van der Waals surface area contributed by atoms with Gasteiger partial charge in [-0.3, -0.25) is 0 Å². The Morgan fingerprint density at radius 2 is 1.95 bits per heavy atom. The molecule has 0 aromatic heterocycles. The van der Waals surface area contributed by atoms with Crippen LogP contribution in [0.15, 0.2) is 18.2 Å². The maximum Gasteiger partial charge on any atom is 0.321 e. The fourth-order valence-corrected chi connectivity index (χ4v) is 2.40. The van der Waals surface area contributed by atoms with Gasteiger partial charge in [-0.25, -0.2) is 4.79 Å². The molecule has 0 saturated carbocycles. The van der Waals surface area contributed by atoms with Crippen molar-refractivity contribution in [1.29, 1.82) is 0 Å². The lowest BCUT2D eigenvalue weighted by Crippen LogP contribution is -2.35. The predicted octanol–water partition coefficient (Wildman–Crippen LogP) is 2.86. The quantitative estimate of drug-likeness (QED) is 0.860. The lowest BCUT2D eigenvalue weighted by atomic mass is 10.1. The normalized spacial score (nSPS) is 16.0. The van der Waals surface area contributed by atoms with Crippen LogP contribution in [0, 0.1) is 6.92 Å². The fraction of sp³-hybridized carbons (Fsp3) is 0.533. The molecule has 1 aromatic rings. The third-order valence-electron chi connectivity index (χ3n) is 3.67. The van der Waals surface area contributed by atoms with Crippen LogP contribution in [-0.2, 0) is 6.54 Å². The minimum atomic E-state index is 0.0131. The van der Waals surface area contributed by atoms with Gasteiger partial charge in [-0.05, 0) is 37.0 Å². The summed E-state index contributed by atoms with van der Waals surface area (Å²) < 4.78 is 0. The van der Waals surface area contributed by atoms with Gasteiger partial charge in [-0.1, -0.05) is 25.0 Å². The number of nitrogens with two attached hydrogens (primary N) is 1. The summed E-state index contributed by atoms with van der Waals surface area (Å²) in [6, 6.07) is 5.97. The lowest BCUT2D eigenvalue weighted by Gasteiger charge is -2.21. The fourth-order valence-electron chi connectivity index (χ4n) is 2.40. The van der Waals surface area contributed by atoms with Gasteiger partial charge in [-0.15, -0.1) is 0 Å². The number of rotatable bonds is 2. The maximum atomic E-state index is 12.3. The molecule has 1 aromatic carbocycles. The monoisotopic (exact) mass is 261 g/mol. The first-order chi connectivity index (χ1) is 9.20. The molecule has 0 bridgehead atoms. The van der Waals surface area contributed by atoms with Gasteiger partial charge in [0.15, 0.2) is 0 Å². The van der Waals surface area contributed by atoms with E-state index in [0.29, 0.717) is 6.54 Å². The van der Waals surface area contributed by atoms with E-state index in [-0.39, 0.29) is 6.03 Å². The van der Waals surface area contributed by atoms with Crippen molar-refractivity contribution in [2.75, 3.05) is 18.4 Å². The van der Waals surface area contributed by atoms with Crippen LogP contribution in [-0.4, -0.2) is 24.0 Å². The molecular weight excluding hydrogens is 238 g/mol. The highest BCUT2D eigenvalue weighted by atomic mass is 16.2. The van der Waals surface area contributed by atoms with Crippen molar-refractivity contribution in [2.24, 2.45) is 5.73 Å². The number of carbonyl (C=O) groups is 1. The molecule has 1 aliphatic rings. The Kier molecular flexibility index (Phi) is 4.80. The van der Waals surface area contributed by atoms with E-state index in [9.17, 15) is 4.79 Å². The molecule has 4 heteroatoms. The molecule has 19 heavy (non-hydrogen) atoms. The zero-order valence-electron chi connectivity index (χ0n) is 11.6. The summed E-state index contributed by atoms with van der Waals surface area (Å²) in [6.07, 6.45) is 4.67. The van der Waals surface area contributed by atoms with Gasteiger partial charge < -0.3 is 16.0 Å². The van der Waals surface area contributed by atoms with Gasteiger partial charge in [-0.2, -0.15) is 0 Å². The number of hydrogen-bond donors (Lipinski definition) is 2. The van der Waals surface area contributed by atoms with Crippen LogP contribution < -0.4 is 11.1 Å². The van der Waals surface area contributed by atoms with Crippen LogP contribution in [0.3, 0.4) is 0 Å². The highest BCUT2D eigenvalue weighted by Crippen LogP contribution is 2.18. The standard InChI is InChI=1S/C15H23N3O/c1-12-6-7-13(11-16)10-14(12)17-15(19)18-8-4-2-3-5-9-18/h6-7,10H,2-5,8-9,11,16H2,1H3,(H,17,19). The van der Waals surface area contributed by atoms with Crippen LogP contribution in [0.2, 0.25) is 0 Å². The Bertz CT molecular complexity index is 437. The molecule has 0 atom stereocenters. The summed E-state index contributed by atoms with van der Waals surface area (Å²) in [6.45, 7) is 4.22. The molecule has 2 rings (SSSR count). The van der Waals surface area contributed by atoms with Gasteiger partial charge in [0, 0.05) is 25.3 Å². The lowest BCUT2D eigenvalue weighted by molar-refractivity contribution is 0.213. The topological polar surface area (TPSA) is 58.4 Å². The van der Waals surface area contributed by atoms with Crippen molar-refractivity contribution >= 4 is 11.7 Å². The molecule has 1 fully saturated rings. The second-order valence-electron chi connectivity index (χ2n) is 5.18. The Morgan fingerprint density at radius 3 is 2.58 bits per heavy atom. The maximum absolute atomic E-state index is 12.3. The van der Waals surface area contributed by atoms with Crippen LogP contribution in [0.4, 0.5) is 10.5 Å². The van der Waals surface area contributed by atoms with E-state index in [4.69, 9.17) is 5.73 Å². The molecule has 0 unspecified atom stereocenters. The summed E-state index contributed by atoms with van der Waals surface area (Å²) >= 11 is 0. The molecule has 1 saturated heterocycles. The first kappa shape index (κ1) is 13.9. The third kappa shape index (κ3) is 3.70. The van der Waals surface area contributed by atoms with Crippen molar-refractivity contribution in [2.45, 2.75) is 39.2 Å². The van der Waals surface area contributed by atoms with E-state index in [1.165, 1.54) is 12.8 Å². The Hall–Kier alpha value is -1.55. The average Bonchev–Trinajstić information content (AvgIpc) is 2.70. The van der Waals surface area contributed by atoms with Crippen molar-refractivity contribution < 1.29 is 4.79 Å². The van der Waals surface area contributed by atoms with Crippen LogP contribution in [0.25, 0.3) is 0 Å². The average molecular weight is 261 g/mol. The first-order valence-corrected chi connectivity index (χ1v) is 7.06. The van der Waals surface area contributed by atoms with Gasteiger partial charge in [0.05, 0.1) is 0 Å². The molecular formula is C15H23N3O. The Balaban J connectivity index is 2.05. The minimum absolute atomic E-state index is 0.0131. The van der Waals surface area contributed by atoms with Crippen LogP contribution in [0.5, 0.6) is 0 Å². The number of amides is 2. The van der Waals surface area contributed by atoms with E-state index in [1.54, 1.807) is 0 Å². The van der Waals surface area contributed by atoms with Gasteiger partial charge in [0.25, 0.3) is 0 Å². The van der Waals surface area contributed by atoms with E-state index in [2.05, 4.69) is 5.32 Å². The number of likely N-dealkylation sites (tertiary alicyclic amines) is 1. The number of benzene rings is 1. The van der Waals surface area contributed by atoms with Crippen LogP contribution >= 0.6 is 0 Å². The summed E-state index contributed by atoms with van der Waals surface area (Å²) in [4.78, 5) is 14.2. The SMILES string of the molecule is Cc1ccc(CN)cc1NC(=O)N1CCCCCC1. The Labute approximate surface area is 115 Å². The van der Waals surface area contributed by atoms with Gasteiger partial charge >= 0.3 is 6.03 Å². The van der Waals surface area contributed by atoms with E-state index < -0.39 is 0 Å². The summed E-state index contributed by atoms with van der Waals surface area (Å²) in [7, 11) is 0. The molecule has 104 valence electrons. The molecule has 0 radical (unpaired) electrons. The Morgan fingerprint density at radius 1 is 1.26 bits per heavy atom. The second-order valence-corrected chi connectivity index (χ2v) is 5.18. The molecule has 1 aliphatic heterocycles. The molecule has 0 aliphatic carbocycles. The number of urea groups is 1. The van der Waals surface area contributed by atoms with Gasteiger partial charge in [0.2, 0.25) is 0 Å². The minimum Gasteiger partial charge on any atom is -0.326 e. The first-order valence-electron chi connectivity index (χ1n) is 7.06. The molecule has 3 N–H and O–H groups in total. The van der Waals surface area contributed by atoms with Crippen LogP contribution in [0.1, 0.15) is 36.8 Å². The van der Waals surface area contributed by atoms with Crippen molar-refractivity contribution in [3.8, 4) is 0 Å². The van der Waals surface area contributed by atoms with Gasteiger partial charge in [0.1, 0.15) is 0 Å². The molecule has 2 amide bonds. The zero-order valence-corrected chi connectivity index (χ0v) is 11.6. The third-order valence-corrected chi connectivity index (χ3v) is 3.67. The summed E-state index contributed by atoms with van der Waals surface area (Å²) in [5.41, 5.74) is 8.62. The molecule has 0 spiro atoms. The second kappa shape index (κ2) is 6.57. The summed E-state index contributed by atoms with van der Waals surface area (Å²) in [5, 5.41) is 3.01. The number of carbonyl (C=O) groups excluding carboxylic acids is 1. The number of nitrogens with one attached hydrogen (secondary N) is 1. The van der Waals surface area contributed by atoms with Crippen molar-refractivity contribution in [3.05, 3.63) is 29.3 Å². The highest BCUT2D eigenvalue weighted by Gasteiger charge is 2.16. The van der Waals surface area contributed by atoms with E-state index in [0.717, 1.165) is 42.7 Å². The van der Waals surface area contributed by atoms with E-state index >= 15 is 0 Å². The highest BCUT2D eigenvalue weighted by molar-refractivity contribution is 5.90. The molecule has 4 nitrogen and oxygen atoms in total. The zero-order chi connectivity index (χ0) is 13.7. The predicted molar refractivity (Wildman–Crippen MR) is 78.1 cm³/mol. The molecule has 1 heterocycles. The largest absolute Gasteiger partial charge is 0.326 e. The number of hydrogen-bond acceptors (Lipinski definition) is 2.